The molecule has 0 spiro atoms. The third-order valence-electron chi connectivity index (χ3n) is 2.41. The molecule has 0 saturated heterocycles. The maximum atomic E-state index is 10.9. The van der Waals surface area contributed by atoms with Gasteiger partial charge in [0.2, 0.25) is 0 Å². The van der Waals surface area contributed by atoms with Crippen LogP contribution in [-0.2, 0) is 0 Å². The lowest BCUT2D eigenvalue weighted by atomic mass is 10.2. The number of aryl methyl sites for hydroxylation is 2. The van der Waals surface area contributed by atoms with Crippen molar-refractivity contribution in [1.82, 2.24) is 9.78 Å². The van der Waals surface area contributed by atoms with Gasteiger partial charge in [-0.1, -0.05) is 6.07 Å². The lowest BCUT2D eigenvalue weighted by Gasteiger charge is -2.07. The van der Waals surface area contributed by atoms with Crippen LogP contribution in [0.5, 0.6) is 5.75 Å². The van der Waals surface area contributed by atoms with Crippen molar-refractivity contribution in [2.24, 2.45) is 0 Å². The lowest BCUT2D eigenvalue weighted by molar-refractivity contribution is -0.384. The summed E-state index contributed by atoms with van der Waals surface area (Å²) in [6.07, 6.45) is 0. The molecule has 6 nitrogen and oxygen atoms in total. The van der Waals surface area contributed by atoms with Crippen LogP contribution in [-0.4, -0.2) is 19.8 Å². The Morgan fingerprint density at radius 1 is 1.41 bits per heavy atom. The van der Waals surface area contributed by atoms with E-state index < -0.39 is 4.92 Å². The zero-order chi connectivity index (χ0) is 12.6. The van der Waals surface area contributed by atoms with Gasteiger partial charge in [0.1, 0.15) is 5.75 Å². The number of nitrogens with zero attached hydrogens (tertiary/aromatic N) is 3. The predicted octanol–water partition coefficient (Wildman–Crippen LogP) is 2.10. The highest BCUT2D eigenvalue weighted by atomic mass is 16.6. The number of phenols is 1. The van der Waals surface area contributed by atoms with Crippen LogP contribution in [0, 0.1) is 24.0 Å². The molecule has 2 aromatic rings. The van der Waals surface area contributed by atoms with Crippen LogP contribution in [0.15, 0.2) is 24.3 Å². The number of para-hydroxylation sites is 1. The van der Waals surface area contributed by atoms with E-state index in [1.807, 2.05) is 0 Å². The second kappa shape index (κ2) is 3.89. The minimum atomic E-state index is -0.536. The summed E-state index contributed by atoms with van der Waals surface area (Å²) in [5.74, 6) is -0.162. The van der Waals surface area contributed by atoms with Gasteiger partial charge in [-0.05, 0) is 26.0 Å². The normalized spacial score (nSPS) is 10.5. The number of hydrogen-bond acceptors (Lipinski definition) is 4. The monoisotopic (exact) mass is 233 g/mol. The molecular weight excluding hydrogens is 222 g/mol. The number of aromatic nitrogens is 2. The summed E-state index contributed by atoms with van der Waals surface area (Å²) in [7, 11) is 0. The summed E-state index contributed by atoms with van der Waals surface area (Å²) in [5, 5.41) is 24.8. The molecule has 88 valence electrons. The molecule has 0 radical (unpaired) electrons. The van der Waals surface area contributed by atoms with Crippen LogP contribution in [0.1, 0.15) is 11.4 Å². The third-order valence-corrected chi connectivity index (χ3v) is 2.41. The van der Waals surface area contributed by atoms with Crippen molar-refractivity contribution in [3.8, 4) is 11.4 Å². The second-order valence-electron chi connectivity index (χ2n) is 3.74. The number of hydrogen-bond donors (Lipinski definition) is 1. The van der Waals surface area contributed by atoms with Gasteiger partial charge in [-0.2, -0.15) is 5.10 Å². The molecule has 0 amide bonds. The largest absolute Gasteiger partial charge is 0.505 e. The second-order valence-corrected chi connectivity index (χ2v) is 3.74. The molecule has 1 aromatic heterocycles. The van der Waals surface area contributed by atoms with Gasteiger partial charge < -0.3 is 5.11 Å². The highest BCUT2D eigenvalue weighted by Crippen LogP contribution is 2.31. The molecule has 1 N–H and O–H groups in total. The first-order valence-corrected chi connectivity index (χ1v) is 5.00. The minimum Gasteiger partial charge on any atom is -0.505 e. The zero-order valence-corrected chi connectivity index (χ0v) is 9.41. The van der Waals surface area contributed by atoms with E-state index in [1.165, 1.54) is 22.9 Å². The first-order valence-electron chi connectivity index (χ1n) is 5.00. The smallest absolute Gasteiger partial charge is 0.298 e. The Labute approximate surface area is 97.3 Å². The Balaban J connectivity index is 2.74. The Kier molecular flexibility index (Phi) is 2.55. The van der Waals surface area contributed by atoms with Gasteiger partial charge in [0.15, 0.2) is 5.69 Å². The summed E-state index contributed by atoms with van der Waals surface area (Å²) in [6.45, 7) is 3.56. The molecule has 17 heavy (non-hydrogen) atoms. The van der Waals surface area contributed by atoms with Crippen LogP contribution in [0.4, 0.5) is 5.69 Å². The highest BCUT2D eigenvalue weighted by Gasteiger charge is 2.21. The maximum Gasteiger partial charge on any atom is 0.298 e. The van der Waals surface area contributed by atoms with E-state index in [0.717, 1.165) is 11.4 Å². The quantitative estimate of drug-likeness (QED) is 0.636. The topological polar surface area (TPSA) is 81.2 Å². The van der Waals surface area contributed by atoms with E-state index in [0.29, 0.717) is 0 Å². The molecule has 0 aliphatic heterocycles. The molecular formula is C11H11N3O3. The predicted molar refractivity (Wildman–Crippen MR) is 61.4 cm³/mol. The first-order chi connectivity index (χ1) is 8.00. The van der Waals surface area contributed by atoms with Crippen molar-refractivity contribution in [1.29, 1.82) is 0 Å². The minimum absolute atomic E-state index is 0.100. The molecule has 1 aromatic carbocycles. The molecule has 0 atom stereocenters. The molecule has 1 heterocycles. The van der Waals surface area contributed by atoms with Gasteiger partial charge >= 0.3 is 0 Å². The van der Waals surface area contributed by atoms with Gasteiger partial charge in [0.05, 0.1) is 10.6 Å². The number of rotatable bonds is 2. The maximum absolute atomic E-state index is 10.9. The summed E-state index contributed by atoms with van der Waals surface area (Å²) in [4.78, 5) is 10.4. The Hall–Kier alpha value is -2.37. The molecule has 0 unspecified atom stereocenters. The number of aromatic hydroxyl groups is 1. The standard InChI is InChI=1S/C11H11N3O3/c1-7-6-8(2)13(12-7)11-9(14(16)17)4-3-5-10(11)15/h3-6,15H,1-2H3. The lowest BCUT2D eigenvalue weighted by Crippen LogP contribution is -2.03. The fraction of sp³-hybridized carbons (Fsp3) is 0.182. The van der Waals surface area contributed by atoms with Crippen molar-refractivity contribution >= 4 is 5.69 Å². The zero-order valence-electron chi connectivity index (χ0n) is 9.41. The molecule has 2 rings (SSSR count). The average molecular weight is 233 g/mol. The summed E-state index contributed by atoms with van der Waals surface area (Å²) in [6, 6.07) is 5.96. The van der Waals surface area contributed by atoms with Gasteiger partial charge in [-0.15, -0.1) is 0 Å². The highest BCUT2D eigenvalue weighted by molar-refractivity contribution is 5.60. The van der Waals surface area contributed by atoms with E-state index in [1.54, 1.807) is 19.9 Å². The van der Waals surface area contributed by atoms with Crippen molar-refractivity contribution in [3.63, 3.8) is 0 Å². The van der Waals surface area contributed by atoms with E-state index in [4.69, 9.17) is 0 Å². The van der Waals surface area contributed by atoms with Gasteiger partial charge in [-0.3, -0.25) is 10.1 Å². The Morgan fingerprint density at radius 2 is 2.12 bits per heavy atom. The summed E-state index contributed by atoms with van der Waals surface area (Å²) < 4.78 is 1.38. The summed E-state index contributed by atoms with van der Waals surface area (Å²) in [5.41, 5.74) is 1.39. The fourth-order valence-corrected chi connectivity index (χ4v) is 1.74. The number of phenolic OH excluding ortho intramolecular Hbond substituents is 1. The summed E-state index contributed by atoms with van der Waals surface area (Å²) >= 11 is 0. The van der Waals surface area contributed by atoms with Crippen LogP contribution in [0.3, 0.4) is 0 Å². The SMILES string of the molecule is Cc1cc(C)n(-c2c(O)cccc2[N+](=O)[O-])n1. The fourth-order valence-electron chi connectivity index (χ4n) is 1.74. The van der Waals surface area contributed by atoms with Gasteiger partial charge in [-0.25, -0.2) is 4.68 Å². The molecule has 6 heteroatoms. The van der Waals surface area contributed by atoms with Crippen molar-refractivity contribution in [3.05, 3.63) is 45.8 Å². The molecule has 0 bridgehead atoms. The van der Waals surface area contributed by atoms with Gasteiger partial charge in [0.25, 0.3) is 5.69 Å². The number of nitro groups is 1. The van der Waals surface area contributed by atoms with E-state index in [9.17, 15) is 15.2 Å². The molecule has 0 fully saturated rings. The Morgan fingerprint density at radius 3 is 2.65 bits per heavy atom. The van der Waals surface area contributed by atoms with Crippen LogP contribution < -0.4 is 0 Å². The van der Waals surface area contributed by atoms with E-state index >= 15 is 0 Å². The molecule has 0 aliphatic rings. The van der Waals surface area contributed by atoms with E-state index in [2.05, 4.69) is 5.10 Å². The first kappa shape index (κ1) is 11.1. The third kappa shape index (κ3) is 1.84. The van der Waals surface area contributed by atoms with Crippen molar-refractivity contribution < 1.29 is 10.0 Å². The van der Waals surface area contributed by atoms with Crippen LogP contribution in [0.25, 0.3) is 5.69 Å². The Bertz CT molecular complexity index is 590. The van der Waals surface area contributed by atoms with Crippen molar-refractivity contribution in [2.45, 2.75) is 13.8 Å². The van der Waals surface area contributed by atoms with Crippen LogP contribution in [0.2, 0.25) is 0 Å². The van der Waals surface area contributed by atoms with Crippen molar-refractivity contribution in [2.75, 3.05) is 0 Å². The number of nitro benzene ring substituents is 1. The number of benzene rings is 1. The molecule has 0 aliphatic carbocycles. The molecule has 0 saturated carbocycles. The van der Waals surface area contributed by atoms with Gasteiger partial charge in [0, 0.05) is 11.8 Å². The average Bonchev–Trinajstić information content (AvgIpc) is 2.57. The van der Waals surface area contributed by atoms with Crippen LogP contribution >= 0.6 is 0 Å². The van der Waals surface area contributed by atoms with E-state index in [-0.39, 0.29) is 17.1 Å².